The summed E-state index contributed by atoms with van der Waals surface area (Å²) >= 11 is 1.34. The van der Waals surface area contributed by atoms with Gasteiger partial charge in [0.05, 0.1) is 12.1 Å². The second kappa shape index (κ2) is 7.76. The van der Waals surface area contributed by atoms with Crippen molar-refractivity contribution in [2.45, 2.75) is 31.0 Å². The Kier molecular flexibility index (Phi) is 6.32. The molecule has 0 aliphatic rings. The average Bonchev–Trinajstić information content (AvgIpc) is 2.39. The van der Waals surface area contributed by atoms with Gasteiger partial charge in [-0.3, -0.25) is 19.4 Å². The van der Waals surface area contributed by atoms with Crippen LogP contribution < -0.4 is 16.4 Å². The third-order valence-electron chi connectivity index (χ3n) is 2.38. The minimum atomic E-state index is -0.790. The van der Waals surface area contributed by atoms with E-state index in [-0.39, 0.29) is 6.04 Å². The summed E-state index contributed by atoms with van der Waals surface area (Å²) < 4.78 is 1.41. The fourth-order valence-corrected chi connectivity index (χ4v) is 2.31. The van der Waals surface area contributed by atoms with Crippen LogP contribution in [0.5, 0.6) is 0 Å². The van der Waals surface area contributed by atoms with Crippen molar-refractivity contribution in [3.05, 3.63) is 20.7 Å². The minimum Gasteiger partial charge on any atom is -0.302 e. The van der Waals surface area contributed by atoms with E-state index in [9.17, 15) is 9.59 Å². The monoisotopic (exact) mass is 283 g/mol. The number of nitrogens with zero attached hydrogens (tertiary/aromatic N) is 3. The SMILES string of the molecule is CCCNC(C#N)CCSc1nc(=O)c(=O)[nH]n1C. The van der Waals surface area contributed by atoms with E-state index >= 15 is 0 Å². The summed E-state index contributed by atoms with van der Waals surface area (Å²) in [4.78, 5) is 25.8. The molecular formula is C11H17N5O2S. The molecule has 0 radical (unpaired) electrons. The molecule has 0 aliphatic heterocycles. The number of hydrogen-bond acceptors (Lipinski definition) is 6. The zero-order valence-electron chi connectivity index (χ0n) is 11.0. The van der Waals surface area contributed by atoms with Crippen LogP contribution in [0.25, 0.3) is 0 Å². The van der Waals surface area contributed by atoms with E-state index in [4.69, 9.17) is 5.26 Å². The van der Waals surface area contributed by atoms with Gasteiger partial charge in [-0.25, -0.2) is 0 Å². The molecule has 0 aromatic carbocycles. The highest BCUT2D eigenvalue weighted by Gasteiger charge is 2.08. The Morgan fingerprint density at radius 2 is 2.32 bits per heavy atom. The number of thioether (sulfide) groups is 1. The molecule has 0 aliphatic carbocycles. The molecule has 0 spiro atoms. The molecule has 1 rings (SSSR count). The van der Waals surface area contributed by atoms with Crippen LogP contribution in [0.15, 0.2) is 14.7 Å². The lowest BCUT2D eigenvalue weighted by Crippen LogP contribution is -2.34. The molecule has 1 unspecified atom stereocenters. The van der Waals surface area contributed by atoms with Crippen molar-refractivity contribution in [1.29, 1.82) is 5.26 Å². The van der Waals surface area contributed by atoms with Gasteiger partial charge in [-0.2, -0.15) is 10.2 Å². The molecule has 1 aromatic heterocycles. The molecule has 104 valence electrons. The normalized spacial score (nSPS) is 12.1. The largest absolute Gasteiger partial charge is 0.339 e. The standard InChI is InChI=1S/C11H17N5O2S/c1-3-5-13-8(7-12)4-6-19-11-14-9(17)10(18)15-16(11)2/h8,13H,3-6H2,1-2H3,(H,15,18). The van der Waals surface area contributed by atoms with Crippen LogP contribution in [-0.2, 0) is 7.05 Å². The van der Waals surface area contributed by atoms with Gasteiger partial charge >= 0.3 is 11.1 Å². The first-order valence-electron chi connectivity index (χ1n) is 6.01. The predicted octanol–water partition coefficient (Wildman–Crippen LogP) is -0.157. The van der Waals surface area contributed by atoms with Crippen molar-refractivity contribution in [2.24, 2.45) is 7.05 Å². The lowest BCUT2D eigenvalue weighted by molar-refractivity contribution is 0.580. The second-order valence-corrected chi connectivity index (χ2v) is 5.03. The maximum Gasteiger partial charge on any atom is 0.339 e. The molecule has 0 fully saturated rings. The number of rotatable bonds is 7. The number of aromatic nitrogens is 3. The van der Waals surface area contributed by atoms with E-state index < -0.39 is 11.1 Å². The van der Waals surface area contributed by atoms with Gasteiger partial charge in [-0.15, -0.1) is 0 Å². The summed E-state index contributed by atoms with van der Waals surface area (Å²) in [5.74, 6) is 0.640. The van der Waals surface area contributed by atoms with Crippen molar-refractivity contribution in [3.8, 4) is 6.07 Å². The molecule has 1 heterocycles. The maximum absolute atomic E-state index is 11.1. The van der Waals surface area contributed by atoms with Crippen LogP contribution in [-0.4, -0.2) is 33.1 Å². The molecule has 7 nitrogen and oxygen atoms in total. The molecule has 2 N–H and O–H groups in total. The third-order valence-corrected chi connectivity index (χ3v) is 3.45. The molecule has 0 amide bonds. The highest BCUT2D eigenvalue weighted by Crippen LogP contribution is 2.13. The lowest BCUT2D eigenvalue weighted by atomic mass is 10.2. The van der Waals surface area contributed by atoms with Gasteiger partial charge in [0.15, 0.2) is 5.16 Å². The number of nitriles is 1. The first-order chi connectivity index (χ1) is 9.08. The summed E-state index contributed by atoms with van der Waals surface area (Å²) in [7, 11) is 1.62. The van der Waals surface area contributed by atoms with E-state index in [1.54, 1.807) is 7.05 Å². The van der Waals surface area contributed by atoms with Gasteiger partial charge in [0, 0.05) is 12.8 Å². The average molecular weight is 283 g/mol. The summed E-state index contributed by atoms with van der Waals surface area (Å²) in [6.07, 6.45) is 1.62. The third kappa shape index (κ3) is 4.89. The Morgan fingerprint density at radius 1 is 1.58 bits per heavy atom. The number of hydrogen-bond donors (Lipinski definition) is 2. The van der Waals surface area contributed by atoms with Crippen LogP contribution in [0.2, 0.25) is 0 Å². The summed E-state index contributed by atoms with van der Waals surface area (Å²) in [5, 5.41) is 14.9. The Balaban J connectivity index is 2.53. The van der Waals surface area contributed by atoms with Crippen molar-refractivity contribution in [1.82, 2.24) is 20.1 Å². The molecule has 1 atom stereocenters. The molecule has 0 bridgehead atoms. The number of nitrogens with one attached hydrogen (secondary N) is 2. The quantitative estimate of drug-likeness (QED) is 0.532. The molecule has 0 saturated carbocycles. The zero-order chi connectivity index (χ0) is 14.3. The van der Waals surface area contributed by atoms with Crippen molar-refractivity contribution in [3.63, 3.8) is 0 Å². The Hall–Kier alpha value is -1.59. The highest BCUT2D eigenvalue weighted by atomic mass is 32.2. The van der Waals surface area contributed by atoms with Gasteiger partial charge in [0.1, 0.15) is 0 Å². The van der Waals surface area contributed by atoms with Crippen LogP contribution in [0.4, 0.5) is 0 Å². The summed E-state index contributed by atoms with van der Waals surface area (Å²) in [5.41, 5.74) is -1.52. The molecule has 0 saturated heterocycles. The van der Waals surface area contributed by atoms with Crippen LogP contribution in [0, 0.1) is 11.3 Å². The smallest absolute Gasteiger partial charge is 0.302 e. The van der Waals surface area contributed by atoms with Crippen molar-refractivity contribution < 1.29 is 0 Å². The molecular weight excluding hydrogens is 266 g/mol. The van der Waals surface area contributed by atoms with Gasteiger partial charge < -0.3 is 5.32 Å². The molecule has 8 heteroatoms. The first kappa shape index (κ1) is 15.5. The fourth-order valence-electron chi connectivity index (χ4n) is 1.39. The Labute approximate surface area is 115 Å². The maximum atomic E-state index is 11.1. The van der Waals surface area contributed by atoms with E-state index in [0.717, 1.165) is 13.0 Å². The molecule has 1 aromatic rings. The summed E-state index contributed by atoms with van der Waals surface area (Å²) in [6, 6.07) is 1.99. The van der Waals surface area contributed by atoms with Gasteiger partial charge in [-0.1, -0.05) is 18.7 Å². The Morgan fingerprint density at radius 3 is 2.95 bits per heavy atom. The number of aryl methyl sites for hydroxylation is 1. The van der Waals surface area contributed by atoms with Crippen LogP contribution in [0.1, 0.15) is 19.8 Å². The van der Waals surface area contributed by atoms with E-state index in [0.29, 0.717) is 17.3 Å². The first-order valence-corrected chi connectivity index (χ1v) is 7.00. The van der Waals surface area contributed by atoms with E-state index in [1.807, 2.05) is 6.92 Å². The Bertz CT molecular complexity index is 559. The van der Waals surface area contributed by atoms with E-state index in [1.165, 1.54) is 16.4 Å². The number of aromatic amines is 1. The molecule has 19 heavy (non-hydrogen) atoms. The predicted molar refractivity (Wildman–Crippen MR) is 73.1 cm³/mol. The van der Waals surface area contributed by atoms with Gasteiger partial charge in [-0.05, 0) is 19.4 Å². The topological polar surface area (TPSA) is 104 Å². The highest BCUT2D eigenvalue weighted by molar-refractivity contribution is 7.99. The van der Waals surface area contributed by atoms with Gasteiger partial charge in [0.2, 0.25) is 0 Å². The number of H-pyrrole nitrogens is 1. The van der Waals surface area contributed by atoms with Crippen molar-refractivity contribution >= 4 is 11.8 Å². The van der Waals surface area contributed by atoms with E-state index in [2.05, 4.69) is 21.5 Å². The van der Waals surface area contributed by atoms with Crippen LogP contribution in [0.3, 0.4) is 0 Å². The summed E-state index contributed by atoms with van der Waals surface area (Å²) in [6.45, 7) is 2.84. The van der Waals surface area contributed by atoms with Crippen LogP contribution >= 0.6 is 11.8 Å². The van der Waals surface area contributed by atoms with Gasteiger partial charge in [0.25, 0.3) is 0 Å². The lowest BCUT2D eigenvalue weighted by Gasteiger charge is -2.10. The van der Waals surface area contributed by atoms with Crippen molar-refractivity contribution in [2.75, 3.05) is 12.3 Å². The second-order valence-electron chi connectivity index (χ2n) is 3.97. The fraction of sp³-hybridized carbons (Fsp3) is 0.636. The minimum absolute atomic E-state index is 0.202. The zero-order valence-corrected chi connectivity index (χ0v) is 11.8.